The molecular weight excluding hydrogens is 228 g/mol. The third-order valence-corrected chi connectivity index (χ3v) is 3.54. The molecule has 0 aromatic heterocycles. The van der Waals surface area contributed by atoms with Crippen LogP contribution in [0.4, 0.5) is 11.4 Å². The Kier molecular flexibility index (Phi) is 3.57. The van der Waals surface area contributed by atoms with Crippen molar-refractivity contribution < 1.29 is 9.53 Å². The molecule has 1 amide bonds. The van der Waals surface area contributed by atoms with Crippen molar-refractivity contribution in [3.05, 3.63) is 24.3 Å². The topological polar surface area (TPSA) is 41.6 Å². The molecule has 0 radical (unpaired) electrons. The Morgan fingerprint density at radius 3 is 2.67 bits per heavy atom. The summed E-state index contributed by atoms with van der Waals surface area (Å²) in [6.45, 7) is 3.09. The fourth-order valence-electron chi connectivity index (χ4n) is 1.97. The van der Waals surface area contributed by atoms with Crippen LogP contribution in [-0.2, 0) is 9.53 Å². The van der Waals surface area contributed by atoms with E-state index >= 15 is 0 Å². The zero-order valence-electron chi connectivity index (χ0n) is 11.2. The average Bonchev–Trinajstić information content (AvgIpc) is 2.28. The van der Waals surface area contributed by atoms with E-state index in [0.717, 1.165) is 17.8 Å². The highest BCUT2D eigenvalue weighted by Gasteiger charge is 2.44. The van der Waals surface area contributed by atoms with Crippen LogP contribution in [0.15, 0.2) is 24.3 Å². The highest BCUT2D eigenvalue weighted by atomic mass is 16.5. The smallest absolute Gasteiger partial charge is 0.235 e. The Hall–Kier alpha value is -1.55. The number of carbonyl (C=O) groups is 1. The molecule has 1 aromatic carbocycles. The number of rotatable bonds is 4. The minimum absolute atomic E-state index is 0.0622. The molecule has 1 fully saturated rings. The van der Waals surface area contributed by atoms with Gasteiger partial charge >= 0.3 is 0 Å². The van der Waals surface area contributed by atoms with Crippen molar-refractivity contribution in [3.63, 3.8) is 0 Å². The Bertz CT molecular complexity index is 434. The maximum Gasteiger partial charge on any atom is 0.235 e. The van der Waals surface area contributed by atoms with Crippen LogP contribution in [0.1, 0.15) is 13.3 Å². The summed E-state index contributed by atoms with van der Waals surface area (Å²) >= 11 is 0. The molecule has 0 bridgehead atoms. The van der Waals surface area contributed by atoms with Gasteiger partial charge < -0.3 is 15.0 Å². The molecule has 2 rings (SSSR count). The van der Waals surface area contributed by atoms with Crippen molar-refractivity contribution in [2.75, 3.05) is 37.5 Å². The van der Waals surface area contributed by atoms with Crippen LogP contribution in [0.5, 0.6) is 0 Å². The largest absolute Gasteiger partial charge is 0.379 e. The number of carbonyl (C=O) groups excluding carboxylic acids is 1. The van der Waals surface area contributed by atoms with Gasteiger partial charge in [-0.25, -0.2) is 0 Å². The van der Waals surface area contributed by atoms with Crippen LogP contribution in [-0.4, -0.2) is 33.2 Å². The SMILES string of the molecule is CCC1(C(=O)Nc2cccc(N(C)C)c2)COC1. The summed E-state index contributed by atoms with van der Waals surface area (Å²) in [5.41, 5.74) is 1.59. The van der Waals surface area contributed by atoms with Gasteiger partial charge in [-0.2, -0.15) is 0 Å². The minimum atomic E-state index is -0.325. The van der Waals surface area contributed by atoms with Crippen LogP contribution < -0.4 is 10.2 Å². The third kappa shape index (κ3) is 2.34. The van der Waals surface area contributed by atoms with Crippen molar-refractivity contribution in [1.29, 1.82) is 0 Å². The summed E-state index contributed by atoms with van der Waals surface area (Å²) < 4.78 is 5.18. The number of anilines is 2. The maximum atomic E-state index is 12.2. The molecule has 1 aliphatic rings. The summed E-state index contributed by atoms with van der Waals surface area (Å²) in [7, 11) is 3.96. The van der Waals surface area contributed by atoms with E-state index in [-0.39, 0.29) is 11.3 Å². The van der Waals surface area contributed by atoms with Crippen molar-refractivity contribution in [3.8, 4) is 0 Å². The van der Waals surface area contributed by atoms with Crippen LogP contribution in [0.25, 0.3) is 0 Å². The number of benzene rings is 1. The van der Waals surface area contributed by atoms with E-state index in [1.54, 1.807) is 0 Å². The summed E-state index contributed by atoms with van der Waals surface area (Å²) in [6.07, 6.45) is 0.812. The third-order valence-electron chi connectivity index (χ3n) is 3.54. The standard InChI is InChI=1S/C14H20N2O2/c1-4-14(9-18-10-14)13(17)15-11-6-5-7-12(8-11)16(2)3/h5-8H,4,9-10H2,1-3H3,(H,15,17). The molecule has 4 heteroatoms. The molecule has 0 saturated carbocycles. The highest BCUT2D eigenvalue weighted by Crippen LogP contribution is 2.32. The van der Waals surface area contributed by atoms with Gasteiger partial charge in [0.05, 0.1) is 18.6 Å². The van der Waals surface area contributed by atoms with Crippen LogP contribution in [0.2, 0.25) is 0 Å². The fraction of sp³-hybridized carbons (Fsp3) is 0.500. The summed E-state index contributed by atoms with van der Waals surface area (Å²) in [5, 5.41) is 2.99. The molecule has 0 atom stereocenters. The lowest BCUT2D eigenvalue weighted by molar-refractivity contribution is -0.156. The van der Waals surface area contributed by atoms with E-state index in [1.165, 1.54) is 0 Å². The molecule has 1 saturated heterocycles. The second-order valence-electron chi connectivity index (χ2n) is 5.03. The molecule has 1 heterocycles. The molecule has 0 aliphatic carbocycles. The quantitative estimate of drug-likeness (QED) is 0.887. The van der Waals surface area contributed by atoms with Gasteiger partial charge in [0.2, 0.25) is 5.91 Å². The lowest BCUT2D eigenvalue weighted by Crippen LogP contribution is -2.51. The molecule has 1 aliphatic heterocycles. The number of amides is 1. The number of nitrogens with zero attached hydrogens (tertiary/aromatic N) is 1. The van der Waals surface area contributed by atoms with Gasteiger partial charge in [-0.3, -0.25) is 4.79 Å². The maximum absolute atomic E-state index is 12.2. The normalized spacial score (nSPS) is 16.8. The monoisotopic (exact) mass is 248 g/mol. The zero-order valence-corrected chi connectivity index (χ0v) is 11.2. The molecular formula is C14H20N2O2. The number of hydrogen-bond donors (Lipinski definition) is 1. The first kappa shape index (κ1) is 12.9. The molecule has 4 nitrogen and oxygen atoms in total. The predicted octanol–water partition coefficient (Wildman–Crippen LogP) is 2.12. The second kappa shape index (κ2) is 4.98. The van der Waals surface area contributed by atoms with E-state index in [2.05, 4.69) is 5.32 Å². The van der Waals surface area contributed by atoms with Crippen molar-refractivity contribution >= 4 is 17.3 Å². The molecule has 0 unspecified atom stereocenters. The van der Waals surface area contributed by atoms with Gasteiger partial charge in [0.1, 0.15) is 0 Å². The van der Waals surface area contributed by atoms with E-state index in [9.17, 15) is 4.79 Å². The Morgan fingerprint density at radius 1 is 1.44 bits per heavy atom. The van der Waals surface area contributed by atoms with E-state index in [4.69, 9.17) is 4.74 Å². The first-order chi connectivity index (χ1) is 8.57. The Balaban J connectivity index is 2.09. The zero-order chi connectivity index (χ0) is 13.2. The van der Waals surface area contributed by atoms with E-state index in [1.807, 2.05) is 50.2 Å². The van der Waals surface area contributed by atoms with Crippen molar-refractivity contribution in [1.82, 2.24) is 0 Å². The van der Waals surface area contributed by atoms with Gasteiger partial charge in [0, 0.05) is 25.5 Å². The number of nitrogens with one attached hydrogen (secondary N) is 1. The molecule has 98 valence electrons. The van der Waals surface area contributed by atoms with Gasteiger partial charge in [0.25, 0.3) is 0 Å². The number of hydrogen-bond acceptors (Lipinski definition) is 3. The predicted molar refractivity (Wildman–Crippen MR) is 72.9 cm³/mol. The minimum Gasteiger partial charge on any atom is -0.379 e. The summed E-state index contributed by atoms with van der Waals surface area (Å²) in [4.78, 5) is 14.2. The number of ether oxygens (including phenoxy) is 1. The lowest BCUT2D eigenvalue weighted by atomic mass is 9.82. The van der Waals surface area contributed by atoms with Crippen LogP contribution >= 0.6 is 0 Å². The van der Waals surface area contributed by atoms with Crippen molar-refractivity contribution in [2.45, 2.75) is 13.3 Å². The van der Waals surface area contributed by atoms with E-state index < -0.39 is 0 Å². The highest BCUT2D eigenvalue weighted by molar-refractivity contribution is 5.96. The van der Waals surface area contributed by atoms with Crippen molar-refractivity contribution in [2.24, 2.45) is 5.41 Å². The lowest BCUT2D eigenvalue weighted by Gasteiger charge is -2.39. The molecule has 1 N–H and O–H groups in total. The van der Waals surface area contributed by atoms with Gasteiger partial charge in [-0.15, -0.1) is 0 Å². The van der Waals surface area contributed by atoms with Crippen LogP contribution in [0, 0.1) is 5.41 Å². The first-order valence-corrected chi connectivity index (χ1v) is 6.24. The van der Waals surface area contributed by atoms with E-state index in [0.29, 0.717) is 13.2 Å². The summed E-state index contributed by atoms with van der Waals surface area (Å²) in [6, 6.07) is 7.84. The Morgan fingerprint density at radius 2 is 2.17 bits per heavy atom. The molecule has 0 spiro atoms. The Labute approximate surface area is 108 Å². The second-order valence-corrected chi connectivity index (χ2v) is 5.03. The first-order valence-electron chi connectivity index (χ1n) is 6.24. The molecule has 18 heavy (non-hydrogen) atoms. The fourth-order valence-corrected chi connectivity index (χ4v) is 1.97. The van der Waals surface area contributed by atoms with Gasteiger partial charge in [-0.1, -0.05) is 13.0 Å². The van der Waals surface area contributed by atoms with Crippen LogP contribution in [0.3, 0.4) is 0 Å². The molecule has 1 aromatic rings. The van der Waals surface area contributed by atoms with Gasteiger partial charge in [-0.05, 0) is 24.6 Å². The van der Waals surface area contributed by atoms with Gasteiger partial charge in [0.15, 0.2) is 0 Å². The summed E-state index contributed by atoms with van der Waals surface area (Å²) in [5.74, 6) is 0.0622. The average molecular weight is 248 g/mol.